The molecule has 4 aromatic carbocycles. The Morgan fingerprint density at radius 2 is 1.13 bits per heavy atom. The molecule has 274 valence electrons. The number of nitrogens with one attached hydrogen (secondary N) is 2. The number of amides is 2. The van der Waals surface area contributed by atoms with Crippen LogP contribution in [0.25, 0.3) is 0 Å². The number of aliphatic hydroxyl groups is 1. The zero-order valence-electron chi connectivity index (χ0n) is 27.3. The molecule has 6 rings (SSSR count). The van der Waals surface area contributed by atoms with Crippen LogP contribution in [0.15, 0.2) is 97.6 Å². The van der Waals surface area contributed by atoms with Crippen molar-refractivity contribution in [1.29, 1.82) is 0 Å². The van der Waals surface area contributed by atoms with E-state index < -0.39 is 23.4 Å². The Labute approximate surface area is 321 Å². The fraction of sp³-hybridized carbons (Fsp3) is 0.114. The highest BCUT2D eigenvalue weighted by atomic mass is 35.5. The molecule has 2 heterocycles. The molecule has 0 atom stereocenters. The molecule has 12 nitrogen and oxygen atoms in total. The number of nitrogens with zero attached hydrogens (tertiary/aromatic N) is 6. The molecule has 0 unspecified atom stereocenters. The van der Waals surface area contributed by atoms with Crippen molar-refractivity contribution in [3.8, 4) is 0 Å². The minimum atomic E-state index is -0.829. The van der Waals surface area contributed by atoms with E-state index >= 15 is 0 Å². The number of aromatic nitrogens is 6. The van der Waals surface area contributed by atoms with Gasteiger partial charge < -0.3 is 15.7 Å². The van der Waals surface area contributed by atoms with Crippen LogP contribution >= 0.6 is 46.4 Å². The highest BCUT2D eigenvalue weighted by molar-refractivity contribution is 6.40. The maximum absolute atomic E-state index is 14.0. The van der Waals surface area contributed by atoms with Gasteiger partial charge in [0.1, 0.15) is 18.9 Å². The predicted molar refractivity (Wildman–Crippen MR) is 198 cm³/mol. The number of aliphatic hydroxyl groups excluding tert-OH is 1. The third-order valence-corrected chi connectivity index (χ3v) is 7.36. The molecule has 2 aromatic heterocycles. The molecule has 18 heteroatoms. The van der Waals surface area contributed by atoms with Crippen LogP contribution < -0.4 is 10.6 Å². The van der Waals surface area contributed by atoms with Crippen LogP contribution in [0.2, 0.25) is 10.0 Å². The molecule has 0 saturated carbocycles. The monoisotopic (exact) mass is 802 g/mol. The van der Waals surface area contributed by atoms with Gasteiger partial charge >= 0.3 is 0 Å². The largest absolute Gasteiger partial charge is 0.392 e. The minimum Gasteiger partial charge on any atom is -0.392 e. The van der Waals surface area contributed by atoms with E-state index in [0.717, 1.165) is 11.1 Å². The van der Waals surface area contributed by atoms with E-state index in [1.54, 1.807) is 0 Å². The lowest BCUT2D eigenvalue weighted by molar-refractivity contribution is 0.100. The number of anilines is 2. The summed E-state index contributed by atoms with van der Waals surface area (Å²) in [6.07, 6.45) is 3.34. The van der Waals surface area contributed by atoms with E-state index in [1.165, 1.54) is 46.3 Å². The number of aldehydes is 1. The summed E-state index contributed by atoms with van der Waals surface area (Å²) in [6.45, 7) is 0.579. The van der Waals surface area contributed by atoms with Crippen molar-refractivity contribution in [2.45, 2.75) is 19.7 Å². The molecule has 0 bridgehead atoms. The zero-order chi connectivity index (χ0) is 38.3. The smallest absolute Gasteiger partial charge is 0.295 e. The van der Waals surface area contributed by atoms with Crippen LogP contribution in [-0.2, 0) is 19.7 Å². The van der Waals surface area contributed by atoms with Gasteiger partial charge in [-0.05, 0) is 41.0 Å². The van der Waals surface area contributed by atoms with E-state index in [0.29, 0.717) is 24.9 Å². The second kappa shape index (κ2) is 20.1. The second-order valence-corrected chi connectivity index (χ2v) is 12.2. The average Bonchev–Trinajstić information content (AvgIpc) is 3.83. The first-order valence-corrected chi connectivity index (χ1v) is 17.0. The molecule has 2 amide bonds. The van der Waals surface area contributed by atoms with E-state index in [9.17, 15) is 23.2 Å². The van der Waals surface area contributed by atoms with Crippen molar-refractivity contribution in [2.24, 2.45) is 0 Å². The molecule has 53 heavy (non-hydrogen) atoms. The average molecular weight is 804 g/mol. The molecule has 0 saturated heterocycles. The van der Waals surface area contributed by atoms with Crippen LogP contribution in [0.1, 0.15) is 48.3 Å². The van der Waals surface area contributed by atoms with Gasteiger partial charge in [0, 0.05) is 5.56 Å². The number of hydrogen-bond donors (Lipinski definition) is 3. The van der Waals surface area contributed by atoms with E-state index in [2.05, 4.69) is 30.8 Å². The predicted octanol–water partition coefficient (Wildman–Crippen LogP) is 7.47. The topological polar surface area (TPSA) is 157 Å². The maximum atomic E-state index is 14.0. The number of hydrogen-bond acceptors (Lipinski definition) is 8. The molecule has 0 aliphatic carbocycles. The fourth-order valence-corrected chi connectivity index (χ4v) is 4.91. The van der Waals surface area contributed by atoms with Crippen LogP contribution in [-0.4, -0.2) is 58.1 Å². The van der Waals surface area contributed by atoms with E-state index in [-0.39, 0.29) is 50.6 Å². The first-order valence-electron chi connectivity index (χ1n) is 15.2. The van der Waals surface area contributed by atoms with Crippen LogP contribution in [0.5, 0.6) is 0 Å². The van der Waals surface area contributed by atoms with Gasteiger partial charge in [-0.1, -0.05) is 83.9 Å². The van der Waals surface area contributed by atoms with Gasteiger partial charge in [0.15, 0.2) is 11.6 Å². The number of alkyl halides is 2. The van der Waals surface area contributed by atoms with Gasteiger partial charge in [-0.25, -0.2) is 28.1 Å². The molecule has 6 aromatic rings. The van der Waals surface area contributed by atoms with Crippen molar-refractivity contribution in [3.05, 3.63) is 153 Å². The van der Waals surface area contributed by atoms with Gasteiger partial charge in [-0.3, -0.25) is 14.4 Å². The van der Waals surface area contributed by atoms with Crippen molar-refractivity contribution >= 4 is 75.9 Å². The Bertz CT molecular complexity index is 2160. The van der Waals surface area contributed by atoms with Gasteiger partial charge in [0.25, 0.3) is 11.8 Å². The summed E-state index contributed by atoms with van der Waals surface area (Å²) in [5.41, 5.74) is 2.18. The first kappa shape index (κ1) is 40.5. The number of halogens is 6. The molecule has 0 fully saturated rings. The normalized spacial score (nSPS) is 10.3. The molecular formula is C35H28Cl4F2N8O4. The highest BCUT2D eigenvalue weighted by Crippen LogP contribution is 2.26. The van der Waals surface area contributed by atoms with Crippen molar-refractivity contribution in [1.82, 2.24) is 29.5 Å². The number of benzene rings is 4. The number of carbonyl (C=O) groups is 3. The van der Waals surface area contributed by atoms with E-state index in [1.807, 2.05) is 60.7 Å². The molecule has 0 aliphatic heterocycles. The minimum absolute atomic E-state index is 0.0964. The third kappa shape index (κ3) is 11.9. The lowest BCUT2D eigenvalue weighted by atomic mass is 10.2. The lowest BCUT2D eigenvalue weighted by Crippen LogP contribution is -2.16. The third-order valence-electron chi connectivity index (χ3n) is 6.81. The summed E-state index contributed by atoms with van der Waals surface area (Å²) in [5.74, 6) is -3.20. The van der Waals surface area contributed by atoms with Gasteiger partial charge in [0.05, 0.1) is 46.5 Å². The Morgan fingerprint density at radius 1 is 0.698 bits per heavy atom. The summed E-state index contributed by atoms with van der Waals surface area (Å²) in [6, 6.07) is 24.1. The zero-order valence-corrected chi connectivity index (χ0v) is 30.3. The fourth-order valence-electron chi connectivity index (χ4n) is 4.44. The van der Waals surface area contributed by atoms with Crippen LogP contribution in [0.4, 0.5) is 20.2 Å². The maximum Gasteiger partial charge on any atom is 0.295 e. The van der Waals surface area contributed by atoms with Gasteiger partial charge in [-0.2, -0.15) is 0 Å². The van der Waals surface area contributed by atoms with Crippen molar-refractivity contribution < 1.29 is 28.3 Å². The Balaban J connectivity index is 0.000000220. The summed E-state index contributed by atoms with van der Waals surface area (Å²) in [5, 5.41) is 21.7. The molecule has 0 radical (unpaired) electrons. The Kier molecular flexibility index (Phi) is 15.4. The number of carbonyl (C=O) groups excluding carboxylic acids is 3. The van der Waals surface area contributed by atoms with Crippen LogP contribution in [0, 0.1) is 11.6 Å². The van der Waals surface area contributed by atoms with Crippen molar-refractivity contribution in [3.63, 3.8) is 0 Å². The standard InChI is InChI=1S/C17H14ClFN4O2.C17H12ClFN4O2.CH2Cl2/c2*18-13-6-12(9-24)7-14(15(13)19)21-17(25)16-20-10-23(22-16)8-11-4-2-1-3-5-11;2-1-3/h1-7,10,24H,8-9H2,(H,21,25);1-7,9-10H,8H2,(H,21,25);1H2. The Morgan fingerprint density at radius 3 is 1.57 bits per heavy atom. The van der Waals surface area contributed by atoms with Crippen LogP contribution in [0.3, 0.4) is 0 Å². The molecule has 0 aliphatic rings. The summed E-state index contributed by atoms with van der Waals surface area (Å²) >= 11 is 21.0. The Hall–Kier alpha value is -5.25. The first-order chi connectivity index (χ1) is 25.5. The van der Waals surface area contributed by atoms with E-state index in [4.69, 9.17) is 51.5 Å². The van der Waals surface area contributed by atoms with Gasteiger partial charge in [0.2, 0.25) is 11.6 Å². The summed E-state index contributed by atoms with van der Waals surface area (Å²) in [7, 11) is 0. The van der Waals surface area contributed by atoms with Crippen molar-refractivity contribution in [2.75, 3.05) is 16.0 Å². The summed E-state index contributed by atoms with van der Waals surface area (Å²) in [4.78, 5) is 43.1. The SMILES string of the molecule is ClCCl.O=C(Nc1cc(CO)cc(Cl)c1F)c1ncn(Cc2ccccc2)n1.O=Cc1cc(Cl)c(F)c(NC(=O)c2ncn(Cc3ccccc3)n2)c1. The lowest BCUT2D eigenvalue weighted by Gasteiger charge is -2.08. The molecular weight excluding hydrogens is 776 g/mol. The summed E-state index contributed by atoms with van der Waals surface area (Å²) < 4.78 is 31.0. The quantitative estimate of drug-likeness (QED) is 0.0952. The van der Waals surface area contributed by atoms with Gasteiger partial charge in [-0.15, -0.1) is 33.4 Å². The second-order valence-electron chi connectivity index (χ2n) is 10.6. The molecule has 3 N–H and O–H groups in total. The molecule has 0 spiro atoms. The number of rotatable bonds is 10. The highest BCUT2D eigenvalue weighted by Gasteiger charge is 2.18.